The minimum atomic E-state index is -4.73. The molecule has 0 aromatic heterocycles. The molecule has 0 unspecified atom stereocenters. The van der Waals surface area contributed by atoms with E-state index in [1.165, 1.54) is 11.0 Å². The van der Waals surface area contributed by atoms with Crippen LogP contribution in [0.2, 0.25) is 0 Å². The molecule has 5 rings (SSSR count). The Hall–Kier alpha value is -3.45. The van der Waals surface area contributed by atoms with Crippen molar-refractivity contribution >= 4 is 40.4 Å². The average molecular weight is 512 g/mol. The molecule has 1 N–H and O–H groups in total. The van der Waals surface area contributed by atoms with E-state index in [0.29, 0.717) is 12.8 Å². The van der Waals surface area contributed by atoms with Crippen molar-refractivity contribution in [3.63, 3.8) is 0 Å². The lowest BCUT2D eigenvalue weighted by Crippen LogP contribution is -2.55. The van der Waals surface area contributed by atoms with E-state index in [4.69, 9.17) is 17.5 Å². The number of carbonyl (C=O) groups is 1. The summed E-state index contributed by atoms with van der Waals surface area (Å²) in [7, 11) is 0. The van der Waals surface area contributed by atoms with Gasteiger partial charge < -0.3 is 10.2 Å². The number of amides is 1. The summed E-state index contributed by atoms with van der Waals surface area (Å²) in [6.07, 6.45) is -0.0131. The number of amidine groups is 1. The summed E-state index contributed by atoms with van der Waals surface area (Å²) in [6, 6.07) is 12.7. The predicted molar refractivity (Wildman–Crippen MR) is 135 cm³/mol. The highest BCUT2D eigenvalue weighted by molar-refractivity contribution is 7.81. The monoisotopic (exact) mass is 511 g/mol. The minimum Gasteiger partial charge on any atom is -0.372 e. The molecule has 0 atom stereocenters. The van der Waals surface area contributed by atoms with Crippen LogP contribution in [0.15, 0.2) is 47.5 Å². The largest absolute Gasteiger partial charge is 0.417 e. The standard InChI is InChI=1S/C26H24F3N5OS/c27-26(28,29)21-15-20(10-7-18(21)16-30)33-23(35)25(11-2-12-25)34(24(33)36)19-8-5-17(6-9-19)3-1-4-22-31-13-14-32-22/h5-10,15H,1-4,11-14H2,(H,31,32). The smallest absolute Gasteiger partial charge is 0.372 e. The van der Waals surface area contributed by atoms with Crippen molar-refractivity contribution < 1.29 is 18.0 Å². The van der Waals surface area contributed by atoms with Gasteiger partial charge in [0.2, 0.25) is 0 Å². The molecule has 1 amide bonds. The van der Waals surface area contributed by atoms with Gasteiger partial charge in [0, 0.05) is 18.7 Å². The molecule has 2 aliphatic heterocycles. The van der Waals surface area contributed by atoms with Gasteiger partial charge in [-0.25, -0.2) is 0 Å². The first-order valence-electron chi connectivity index (χ1n) is 11.9. The maximum Gasteiger partial charge on any atom is 0.417 e. The maximum absolute atomic E-state index is 13.6. The molecule has 2 fully saturated rings. The number of nitrogens with one attached hydrogen (secondary N) is 1. The van der Waals surface area contributed by atoms with Gasteiger partial charge in [-0.3, -0.25) is 14.7 Å². The van der Waals surface area contributed by atoms with E-state index < -0.39 is 22.8 Å². The second kappa shape index (κ2) is 9.21. The molecule has 2 aromatic carbocycles. The fraction of sp³-hybridized carbons (Fsp3) is 0.385. The Morgan fingerprint density at radius 3 is 2.42 bits per heavy atom. The predicted octanol–water partition coefficient (Wildman–Crippen LogP) is 4.96. The zero-order valence-corrected chi connectivity index (χ0v) is 20.3. The molecular weight excluding hydrogens is 487 g/mol. The van der Waals surface area contributed by atoms with Crippen LogP contribution in [-0.2, 0) is 17.4 Å². The Labute approximate surface area is 212 Å². The minimum absolute atomic E-state index is 0.0187. The van der Waals surface area contributed by atoms with E-state index in [9.17, 15) is 18.0 Å². The third-order valence-corrected chi connectivity index (χ3v) is 7.46. The molecule has 1 spiro atoms. The lowest BCUT2D eigenvalue weighted by Gasteiger charge is -2.43. The van der Waals surface area contributed by atoms with Crippen LogP contribution in [0.3, 0.4) is 0 Å². The van der Waals surface area contributed by atoms with Crippen LogP contribution in [0.1, 0.15) is 48.8 Å². The highest BCUT2D eigenvalue weighted by Gasteiger charge is 2.59. The number of benzene rings is 2. The van der Waals surface area contributed by atoms with Crippen LogP contribution in [0, 0.1) is 11.3 Å². The number of hydrogen-bond acceptors (Lipinski definition) is 5. The number of nitriles is 1. The summed E-state index contributed by atoms with van der Waals surface area (Å²) in [6.45, 7) is 1.73. The SMILES string of the molecule is N#Cc1ccc(N2C(=O)C3(CCC3)N(c3ccc(CCCC4=NCCN4)cc3)C2=S)cc1C(F)(F)F. The maximum atomic E-state index is 13.6. The Morgan fingerprint density at radius 1 is 1.11 bits per heavy atom. The van der Waals surface area contributed by atoms with E-state index >= 15 is 0 Å². The number of nitrogens with zero attached hydrogens (tertiary/aromatic N) is 4. The Kier molecular flexibility index (Phi) is 6.20. The van der Waals surface area contributed by atoms with Gasteiger partial charge in [-0.05, 0) is 80.2 Å². The summed E-state index contributed by atoms with van der Waals surface area (Å²) in [5, 5.41) is 12.5. The molecule has 36 heavy (non-hydrogen) atoms. The molecule has 3 aliphatic rings. The number of hydrogen-bond donors (Lipinski definition) is 1. The Morgan fingerprint density at radius 2 is 1.83 bits per heavy atom. The second-order valence-electron chi connectivity index (χ2n) is 9.26. The fourth-order valence-electron chi connectivity index (χ4n) is 5.10. The van der Waals surface area contributed by atoms with Crippen LogP contribution in [0.25, 0.3) is 0 Å². The van der Waals surface area contributed by atoms with Crippen LogP contribution < -0.4 is 15.1 Å². The van der Waals surface area contributed by atoms with Crippen molar-refractivity contribution in [3.05, 3.63) is 59.2 Å². The highest BCUT2D eigenvalue weighted by atomic mass is 32.1. The molecule has 2 heterocycles. The van der Waals surface area contributed by atoms with E-state index in [0.717, 1.165) is 68.0 Å². The Balaban J connectivity index is 1.40. The number of carbonyl (C=O) groups excluding carboxylic acids is 1. The van der Waals surface area contributed by atoms with Crippen molar-refractivity contribution in [3.8, 4) is 6.07 Å². The van der Waals surface area contributed by atoms with Gasteiger partial charge in [0.25, 0.3) is 5.91 Å². The van der Waals surface area contributed by atoms with Crippen molar-refractivity contribution in [1.82, 2.24) is 5.32 Å². The molecule has 1 saturated carbocycles. The van der Waals surface area contributed by atoms with E-state index in [-0.39, 0.29) is 16.7 Å². The van der Waals surface area contributed by atoms with Crippen LogP contribution in [0.5, 0.6) is 0 Å². The molecule has 1 saturated heterocycles. The van der Waals surface area contributed by atoms with Crippen molar-refractivity contribution in [2.75, 3.05) is 22.9 Å². The highest BCUT2D eigenvalue weighted by Crippen LogP contribution is 2.48. The number of aryl methyl sites for hydroxylation is 1. The molecule has 2 aromatic rings. The van der Waals surface area contributed by atoms with Gasteiger partial charge in [-0.2, -0.15) is 18.4 Å². The topological polar surface area (TPSA) is 71.7 Å². The lowest BCUT2D eigenvalue weighted by atomic mass is 9.75. The Bertz CT molecular complexity index is 1280. The molecule has 0 radical (unpaired) electrons. The zero-order chi connectivity index (χ0) is 25.5. The quantitative estimate of drug-likeness (QED) is 0.555. The van der Waals surface area contributed by atoms with Gasteiger partial charge in [0.1, 0.15) is 5.54 Å². The van der Waals surface area contributed by atoms with Crippen molar-refractivity contribution in [2.24, 2.45) is 4.99 Å². The third-order valence-electron chi connectivity index (χ3n) is 7.10. The first-order chi connectivity index (χ1) is 17.2. The van der Waals surface area contributed by atoms with Crippen LogP contribution in [-0.4, -0.2) is 35.5 Å². The first kappa shape index (κ1) is 24.3. The molecule has 6 nitrogen and oxygen atoms in total. The lowest BCUT2D eigenvalue weighted by molar-refractivity contribution is -0.137. The van der Waals surface area contributed by atoms with Gasteiger partial charge in [-0.15, -0.1) is 0 Å². The van der Waals surface area contributed by atoms with E-state index in [1.54, 1.807) is 11.0 Å². The summed E-state index contributed by atoms with van der Waals surface area (Å²) in [5.41, 5.74) is -0.559. The van der Waals surface area contributed by atoms with E-state index in [2.05, 4.69) is 10.3 Å². The van der Waals surface area contributed by atoms with Crippen molar-refractivity contribution in [1.29, 1.82) is 5.26 Å². The van der Waals surface area contributed by atoms with Gasteiger partial charge >= 0.3 is 6.18 Å². The van der Waals surface area contributed by atoms with Crippen LogP contribution >= 0.6 is 12.2 Å². The number of thiocarbonyl (C=S) groups is 1. The van der Waals surface area contributed by atoms with Crippen molar-refractivity contribution in [2.45, 2.75) is 50.2 Å². The molecular formula is C26H24F3N5OS. The second-order valence-corrected chi connectivity index (χ2v) is 9.62. The number of alkyl halides is 3. The van der Waals surface area contributed by atoms with Crippen LogP contribution in [0.4, 0.5) is 24.5 Å². The number of anilines is 2. The summed E-state index contributed by atoms with van der Waals surface area (Å²) in [5.74, 6) is 0.724. The molecule has 0 bridgehead atoms. The molecule has 186 valence electrons. The summed E-state index contributed by atoms with van der Waals surface area (Å²) >= 11 is 5.68. The number of aliphatic imine (C=N–C) groups is 1. The zero-order valence-electron chi connectivity index (χ0n) is 19.4. The fourth-order valence-corrected chi connectivity index (χ4v) is 5.57. The summed E-state index contributed by atoms with van der Waals surface area (Å²) in [4.78, 5) is 21.0. The number of halogens is 3. The molecule has 10 heteroatoms. The third kappa shape index (κ3) is 4.11. The number of rotatable bonds is 6. The normalized spacial score (nSPS) is 18.8. The van der Waals surface area contributed by atoms with Gasteiger partial charge in [0.05, 0.1) is 35.3 Å². The summed E-state index contributed by atoms with van der Waals surface area (Å²) < 4.78 is 40.7. The molecule has 1 aliphatic carbocycles. The van der Waals surface area contributed by atoms with Gasteiger partial charge in [0.15, 0.2) is 5.11 Å². The average Bonchev–Trinajstić information content (AvgIpc) is 3.42. The van der Waals surface area contributed by atoms with Gasteiger partial charge in [-0.1, -0.05) is 12.1 Å². The first-order valence-corrected chi connectivity index (χ1v) is 12.3. The van der Waals surface area contributed by atoms with E-state index in [1.807, 2.05) is 24.3 Å².